The average molecular weight is 586 g/mol. The maximum absolute atomic E-state index is 14.3. The van der Waals surface area contributed by atoms with Gasteiger partial charge in [-0.05, 0) is 74.7 Å². The standard InChI is InChI=1S/C30H31ClF3N5O2/c1-2-41-27-21(4-3-12-36-27)24-7-6-22-25(37-24)18-39(20-9-13-35-17-20)28(40)29(22)10-14-38(15-11-29)26-8-5-19(31)16-23(26)30(32,33)34/h3-8,12,16,20,35H,2,9-11,13-15,17-18H2,1H3/t20-/m1/s1. The average Bonchev–Trinajstić information content (AvgIpc) is 3.50. The minimum Gasteiger partial charge on any atom is -0.477 e. The summed E-state index contributed by atoms with van der Waals surface area (Å²) in [5.74, 6) is 0.536. The highest BCUT2D eigenvalue weighted by molar-refractivity contribution is 6.30. The number of amides is 1. The van der Waals surface area contributed by atoms with E-state index in [1.807, 2.05) is 36.1 Å². The van der Waals surface area contributed by atoms with Crippen LogP contribution in [0.2, 0.25) is 5.02 Å². The number of carbonyl (C=O) groups is 1. The summed E-state index contributed by atoms with van der Waals surface area (Å²) in [5.41, 5.74) is 1.63. The number of halogens is 4. The molecule has 0 unspecified atom stereocenters. The summed E-state index contributed by atoms with van der Waals surface area (Å²) in [4.78, 5) is 27.4. The van der Waals surface area contributed by atoms with Crippen LogP contribution in [0.25, 0.3) is 11.3 Å². The summed E-state index contributed by atoms with van der Waals surface area (Å²) in [6, 6.07) is 11.5. The highest BCUT2D eigenvalue weighted by Crippen LogP contribution is 2.46. The SMILES string of the molecule is CCOc1ncccc1-c1ccc2c(n1)CN([C@@H]1CCNC1)C(=O)C21CCN(c2ccc(Cl)cc2C(F)(F)F)CC1. The number of carbonyl (C=O) groups excluding carboxylic acids is 1. The molecule has 0 bridgehead atoms. The Hall–Kier alpha value is -3.37. The third kappa shape index (κ3) is 5.01. The third-order valence-corrected chi connectivity index (χ3v) is 8.74. The van der Waals surface area contributed by atoms with Gasteiger partial charge < -0.3 is 19.9 Å². The quantitative estimate of drug-likeness (QED) is 0.429. The number of rotatable bonds is 5. The first-order valence-corrected chi connectivity index (χ1v) is 14.3. The van der Waals surface area contributed by atoms with Crippen LogP contribution in [0.15, 0.2) is 48.7 Å². The number of piperidine rings is 1. The second-order valence-electron chi connectivity index (χ2n) is 10.8. The lowest BCUT2D eigenvalue weighted by Crippen LogP contribution is -2.58. The van der Waals surface area contributed by atoms with Gasteiger partial charge in [0, 0.05) is 42.6 Å². The molecule has 2 aromatic heterocycles. The molecule has 3 aromatic rings. The molecule has 7 nitrogen and oxygen atoms in total. The number of nitrogens with zero attached hydrogens (tertiary/aromatic N) is 4. The second kappa shape index (κ2) is 10.8. The van der Waals surface area contributed by atoms with Crippen molar-refractivity contribution in [1.29, 1.82) is 0 Å². The number of aromatic nitrogens is 2. The van der Waals surface area contributed by atoms with Crippen LogP contribution in [0.1, 0.15) is 43.0 Å². The first-order valence-electron chi connectivity index (χ1n) is 13.9. The summed E-state index contributed by atoms with van der Waals surface area (Å²) in [6.45, 7) is 4.89. The Labute approximate surface area is 241 Å². The number of ether oxygens (including phenoxy) is 1. The van der Waals surface area contributed by atoms with Crippen molar-refractivity contribution in [3.63, 3.8) is 0 Å². The van der Waals surface area contributed by atoms with Gasteiger partial charge in [-0.2, -0.15) is 13.2 Å². The molecule has 1 spiro atoms. The molecule has 3 aliphatic rings. The Bertz CT molecular complexity index is 1450. The summed E-state index contributed by atoms with van der Waals surface area (Å²) in [6.07, 6.45) is -1.25. The van der Waals surface area contributed by atoms with Crippen molar-refractivity contribution in [2.75, 3.05) is 37.7 Å². The van der Waals surface area contributed by atoms with E-state index in [2.05, 4.69) is 10.3 Å². The second-order valence-corrected chi connectivity index (χ2v) is 11.2. The monoisotopic (exact) mass is 585 g/mol. The van der Waals surface area contributed by atoms with Crippen molar-refractivity contribution < 1.29 is 22.7 Å². The van der Waals surface area contributed by atoms with E-state index in [1.54, 1.807) is 11.1 Å². The van der Waals surface area contributed by atoms with Crippen molar-refractivity contribution in [1.82, 2.24) is 20.2 Å². The molecule has 1 N–H and O–H groups in total. The van der Waals surface area contributed by atoms with E-state index in [1.165, 1.54) is 12.1 Å². The Kier molecular flexibility index (Phi) is 7.32. The van der Waals surface area contributed by atoms with E-state index in [0.717, 1.165) is 35.9 Å². The lowest BCUT2D eigenvalue weighted by atomic mass is 9.68. The van der Waals surface area contributed by atoms with E-state index in [0.29, 0.717) is 57.2 Å². The van der Waals surface area contributed by atoms with Crippen molar-refractivity contribution >= 4 is 23.2 Å². The van der Waals surface area contributed by atoms with Crippen LogP contribution in [0, 0.1) is 0 Å². The van der Waals surface area contributed by atoms with Gasteiger partial charge in [-0.3, -0.25) is 9.78 Å². The topological polar surface area (TPSA) is 70.6 Å². The lowest BCUT2D eigenvalue weighted by molar-refractivity contribution is -0.143. The van der Waals surface area contributed by atoms with Gasteiger partial charge in [0.2, 0.25) is 11.8 Å². The van der Waals surface area contributed by atoms with Crippen LogP contribution >= 0.6 is 11.6 Å². The van der Waals surface area contributed by atoms with E-state index in [9.17, 15) is 18.0 Å². The van der Waals surface area contributed by atoms with Gasteiger partial charge in [0.1, 0.15) is 0 Å². The van der Waals surface area contributed by atoms with Crippen LogP contribution in [-0.4, -0.2) is 59.6 Å². The number of hydrogen-bond acceptors (Lipinski definition) is 6. The lowest BCUT2D eigenvalue weighted by Gasteiger charge is -2.49. The molecule has 2 fully saturated rings. The van der Waals surface area contributed by atoms with Crippen LogP contribution in [0.5, 0.6) is 5.88 Å². The summed E-state index contributed by atoms with van der Waals surface area (Å²) < 4.78 is 47.4. The van der Waals surface area contributed by atoms with Crippen LogP contribution in [-0.2, 0) is 22.9 Å². The van der Waals surface area contributed by atoms with Crippen LogP contribution in [0.3, 0.4) is 0 Å². The minimum absolute atomic E-state index is 0.0368. The number of hydrogen-bond donors (Lipinski definition) is 1. The maximum atomic E-state index is 14.3. The van der Waals surface area contributed by atoms with E-state index in [-0.39, 0.29) is 22.7 Å². The van der Waals surface area contributed by atoms with Crippen molar-refractivity contribution in [2.24, 2.45) is 0 Å². The normalized spacial score (nSPS) is 20.4. The molecule has 11 heteroatoms. The fourth-order valence-corrected chi connectivity index (χ4v) is 6.66. The fourth-order valence-electron chi connectivity index (χ4n) is 6.49. The molecule has 0 radical (unpaired) electrons. The zero-order valence-corrected chi connectivity index (χ0v) is 23.4. The van der Waals surface area contributed by atoms with Gasteiger partial charge in [0.15, 0.2) is 0 Å². The number of pyridine rings is 2. The highest BCUT2D eigenvalue weighted by Gasteiger charge is 2.51. The first-order chi connectivity index (χ1) is 19.7. The molecule has 6 rings (SSSR count). The number of anilines is 1. The molecule has 216 valence electrons. The summed E-state index contributed by atoms with van der Waals surface area (Å²) in [7, 11) is 0. The zero-order chi connectivity index (χ0) is 28.8. The van der Waals surface area contributed by atoms with Gasteiger partial charge in [0.25, 0.3) is 0 Å². The minimum atomic E-state index is -4.54. The smallest absolute Gasteiger partial charge is 0.418 e. The predicted octanol–water partition coefficient (Wildman–Crippen LogP) is 5.46. The third-order valence-electron chi connectivity index (χ3n) is 8.51. The van der Waals surface area contributed by atoms with E-state index >= 15 is 0 Å². The van der Waals surface area contributed by atoms with Crippen LogP contribution in [0.4, 0.5) is 18.9 Å². The molecule has 1 atom stereocenters. The molecule has 0 saturated carbocycles. The van der Waals surface area contributed by atoms with E-state index in [4.69, 9.17) is 21.3 Å². The molecule has 1 amide bonds. The zero-order valence-electron chi connectivity index (χ0n) is 22.7. The number of nitrogens with one attached hydrogen (secondary N) is 1. The van der Waals surface area contributed by atoms with Crippen molar-refractivity contribution in [2.45, 2.75) is 50.4 Å². The first kappa shape index (κ1) is 27.8. The number of alkyl halides is 3. The molecule has 41 heavy (non-hydrogen) atoms. The Balaban J connectivity index is 1.38. The van der Waals surface area contributed by atoms with Gasteiger partial charge in [-0.15, -0.1) is 0 Å². The predicted molar refractivity (Wildman–Crippen MR) is 150 cm³/mol. The highest BCUT2D eigenvalue weighted by atomic mass is 35.5. The molecule has 0 aliphatic carbocycles. The molecular formula is C30H31ClF3N5O2. The molecule has 3 aliphatic heterocycles. The van der Waals surface area contributed by atoms with Crippen LogP contribution < -0.4 is 15.0 Å². The summed E-state index contributed by atoms with van der Waals surface area (Å²) >= 11 is 5.92. The molecule has 1 aromatic carbocycles. The summed E-state index contributed by atoms with van der Waals surface area (Å²) in [5, 5.41) is 3.39. The van der Waals surface area contributed by atoms with E-state index < -0.39 is 17.2 Å². The van der Waals surface area contributed by atoms with Gasteiger partial charge in [-0.25, -0.2) is 4.98 Å². The maximum Gasteiger partial charge on any atom is 0.418 e. The Morgan fingerprint density at radius 3 is 2.68 bits per heavy atom. The number of fused-ring (bicyclic) bond motifs is 2. The molecular weight excluding hydrogens is 555 g/mol. The van der Waals surface area contributed by atoms with Gasteiger partial charge in [-0.1, -0.05) is 17.7 Å². The Morgan fingerprint density at radius 2 is 1.98 bits per heavy atom. The fraction of sp³-hybridized carbons (Fsp3) is 0.433. The largest absolute Gasteiger partial charge is 0.477 e. The van der Waals surface area contributed by atoms with Gasteiger partial charge >= 0.3 is 6.18 Å². The number of benzene rings is 1. The van der Waals surface area contributed by atoms with Crippen molar-refractivity contribution in [3.8, 4) is 17.1 Å². The Morgan fingerprint density at radius 1 is 1.17 bits per heavy atom. The van der Waals surface area contributed by atoms with Crippen molar-refractivity contribution in [3.05, 3.63) is 70.5 Å². The molecule has 5 heterocycles. The van der Waals surface area contributed by atoms with Gasteiger partial charge in [0.05, 0.1) is 41.1 Å². The molecule has 2 saturated heterocycles.